The van der Waals surface area contributed by atoms with Crippen LogP contribution in [0.25, 0.3) is 10.8 Å². The van der Waals surface area contributed by atoms with E-state index in [2.05, 4.69) is 15.9 Å². The predicted molar refractivity (Wildman–Crippen MR) is 86.4 cm³/mol. The fourth-order valence-corrected chi connectivity index (χ4v) is 2.83. The number of rotatable bonds is 3. The zero-order chi connectivity index (χ0) is 13.9. The van der Waals surface area contributed by atoms with Gasteiger partial charge in [0.25, 0.3) is 0 Å². The van der Waals surface area contributed by atoms with E-state index in [1.807, 2.05) is 72.8 Å². The minimum absolute atomic E-state index is 0.0851. The molecule has 0 heterocycles. The van der Waals surface area contributed by atoms with E-state index in [1.54, 1.807) is 0 Å². The molecule has 3 aromatic carbocycles. The van der Waals surface area contributed by atoms with E-state index in [4.69, 9.17) is 0 Å². The van der Waals surface area contributed by atoms with Crippen LogP contribution in [0.15, 0.2) is 72.8 Å². The van der Waals surface area contributed by atoms with Gasteiger partial charge in [-0.3, -0.25) is 4.79 Å². The molecule has 0 aliphatic carbocycles. The molecule has 0 aliphatic rings. The molecular weight excluding hydrogens is 312 g/mol. The Hall–Kier alpha value is -1.93. The summed E-state index contributed by atoms with van der Waals surface area (Å²) in [6, 6.07) is 23.6. The van der Waals surface area contributed by atoms with Crippen LogP contribution in [-0.4, -0.2) is 5.78 Å². The van der Waals surface area contributed by atoms with Gasteiger partial charge >= 0.3 is 0 Å². The smallest absolute Gasteiger partial charge is 0.180 e. The second kappa shape index (κ2) is 5.59. The van der Waals surface area contributed by atoms with Crippen molar-refractivity contribution in [2.45, 2.75) is 4.83 Å². The highest BCUT2D eigenvalue weighted by molar-refractivity contribution is 9.09. The zero-order valence-corrected chi connectivity index (χ0v) is 12.4. The van der Waals surface area contributed by atoms with Gasteiger partial charge in [0.2, 0.25) is 0 Å². The molecule has 0 aromatic heterocycles. The molecule has 0 saturated heterocycles. The molecule has 0 N–H and O–H groups in total. The Balaban J connectivity index is 1.96. The van der Waals surface area contributed by atoms with Gasteiger partial charge in [0.15, 0.2) is 5.78 Å². The lowest BCUT2D eigenvalue weighted by Gasteiger charge is -2.10. The molecule has 3 rings (SSSR count). The quantitative estimate of drug-likeness (QED) is 0.480. The van der Waals surface area contributed by atoms with Crippen molar-refractivity contribution < 1.29 is 4.79 Å². The summed E-state index contributed by atoms with van der Waals surface area (Å²) in [6.45, 7) is 0. The molecule has 0 amide bonds. The van der Waals surface area contributed by atoms with Gasteiger partial charge in [-0.2, -0.15) is 0 Å². The molecule has 1 atom stereocenters. The fourth-order valence-electron chi connectivity index (χ4n) is 2.26. The first-order valence-electron chi connectivity index (χ1n) is 6.48. The molecule has 98 valence electrons. The molecule has 0 spiro atoms. The van der Waals surface area contributed by atoms with Crippen LogP contribution in [-0.2, 0) is 0 Å². The summed E-state index contributed by atoms with van der Waals surface area (Å²) in [4.78, 5) is 12.2. The summed E-state index contributed by atoms with van der Waals surface area (Å²) in [7, 11) is 0. The molecule has 0 saturated carbocycles. The third-order valence-electron chi connectivity index (χ3n) is 3.36. The Morgan fingerprint density at radius 3 is 2.20 bits per heavy atom. The minimum atomic E-state index is -0.301. The van der Waals surface area contributed by atoms with Gasteiger partial charge in [-0.05, 0) is 22.4 Å². The van der Waals surface area contributed by atoms with Crippen molar-refractivity contribution in [3.05, 3.63) is 83.9 Å². The lowest BCUT2D eigenvalue weighted by molar-refractivity contribution is 0.0991. The first-order valence-corrected chi connectivity index (χ1v) is 7.39. The number of fused-ring (bicyclic) bond motifs is 1. The molecule has 0 bridgehead atoms. The van der Waals surface area contributed by atoms with Gasteiger partial charge in [0, 0.05) is 5.56 Å². The molecule has 2 heteroatoms. The number of carbonyl (C=O) groups is 1. The van der Waals surface area contributed by atoms with Crippen LogP contribution in [0.3, 0.4) is 0 Å². The number of halogens is 1. The van der Waals surface area contributed by atoms with Gasteiger partial charge in [0.05, 0.1) is 0 Å². The summed E-state index contributed by atoms with van der Waals surface area (Å²) in [5.41, 5.74) is 1.71. The maximum atomic E-state index is 12.5. The van der Waals surface area contributed by atoms with Crippen LogP contribution in [0, 0.1) is 0 Å². The number of carbonyl (C=O) groups excluding carboxylic acids is 1. The van der Waals surface area contributed by atoms with Crippen molar-refractivity contribution in [1.29, 1.82) is 0 Å². The average molecular weight is 325 g/mol. The van der Waals surface area contributed by atoms with E-state index in [0.717, 1.165) is 21.9 Å². The molecule has 0 aliphatic heterocycles. The molecule has 0 radical (unpaired) electrons. The van der Waals surface area contributed by atoms with Crippen molar-refractivity contribution in [2.24, 2.45) is 0 Å². The predicted octanol–water partition coefficient (Wildman–Crippen LogP) is 5.16. The fraction of sp³-hybridized carbons (Fsp3) is 0.0556. The van der Waals surface area contributed by atoms with Gasteiger partial charge in [-0.1, -0.05) is 82.7 Å². The van der Waals surface area contributed by atoms with Gasteiger partial charge in [-0.15, -0.1) is 0 Å². The summed E-state index contributed by atoms with van der Waals surface area (Å²) >= 11 is 3.50. The SMILES string of the molecule is O=C(c1ccc2ccccc2c1)[C@@H](Br)c1ccccc1. The molecule has 3 aromatic rings. The highest BCUT2D eigenvalue weighted by Crippen LogP contribution is 2.28. The number of ketones is 1. The van der Waals surface area contributed by atoms with Crippen LogP contribution in [0.4, 0.5) is 0 Å². The Morgan fingerprint density at radius 1 is 0.800 bits per heavy atom. The maximum Gasteiger partial charge on any atom is 0.180 e. The minimum Gasteiger partial charge on any atom is -0.293 e. The van der Waals surface area contributed by atoms with Crippen molar-refractivity contribution >= 4 is 32.5 Å². The van der Waals surface area contributed by atoms with E-state index in [1.165, 1.54) is 0 Å². The monoisotopic (exact) mass is 324 g/mol. The van der Waals surface area contributed by atoms with E-state index in [0.29, 0.717) is 0 Å². The second-order valence-corrected chi connectivity index (χ2v) is 5.62. The maximum absolute atomic E-state index is 12.5. The van der Waals surface area contributed by atoms with E-state index >= 15 is 0 Å². The Kier molecular flexibility index (Phi) is 3.66. The Morgan fingerprint density at radius 2 is 1.45 bits per heavy atom. The van der Waals surface area contributed by atoms with Crippen LogP contribution in [0.1, 0.15) is 20.7 Å². The molecule has 0 fully saturated rings. The Bertz CT molecular complexity index is 749. The first kappa shape index (κ1) is 13.1. The zero-order valence-electron chi connectivity index (χ0n) is 10.8. The number of alkyl halides is 1. The standard InChI is InChI=1S/C18H13BrO/c19-17(14-7-2-1-3-8-14)18(20)16-11-10-13-6-4-5-9-15(13)12-16/h1-12,17H/t17-/m0/s1. The lowest BCUT2D eigenvalue weighted by Crippen LogP contribution is -2.06. The van der Waals surface area contributed by atoms with Crippen LogP contribution < -0.4 is 0 Å². The van der Waals surface area contributed by atoms with Crippen molar-refractivity contribution in [3.63, 3.8) is 0 Å². The average Bonchev–Trinajstić information content (AvgIpc) is 2.54. The third-order valence-corrected chi connectivity index (χ3v) is 4.30. The van der Waals surface area contributed by atoms with Crippen molar-refractivity contribution in [2.75, 3.05) is 0 Å². The summed E-state index contributed by atoms with van der Waals surface area (Å²) in [5, 5.41) is 2.24. The lowest BCUT2D eigenvalue weighted by atomic mass is 10.00. The van der Waals surface area contributed by atoms with Crippen LogP contribution in [0.2, 0.25) is 0 Å². The highest BCUT2D eigenvalue weighted by atomic mass is 79.9. The Labute approximate surface area is 126 Å². The van der Waals surface area contributed by atoms with Crippen molar-refractivity contribution in [3.8, 4) is 0 Å². The first-order chi connectivity index (χ1) is 9.75. The van der Waals surface area contributed by atoms with E-state index in [-0.39, 0.29) is 10.6 Å². The number of Topliss-reactive ketones (excluding diaryl/α,β-unsaturated/α-hetero) is 1. The number of hydrogen-bond donors (Lipinski definition) is 0. The topological polar surface area (TPSA) is 17.1 Å². The molecule has 1 nitrogen and oxygen atoms in total. The van der Waals surface area contributed by atoms with Gasteiger partial charge in [0.1, 0.15) is 4.83 Å². The van der Waals surface area contributed by atoms with E-state index in [9.17, 15) is 4.79 Å². The van der Waals surface area contributed by atoms with Gasteiger partial charge < -0.3 is 0 Å². The largest absolute Gasteiger partial charge is 0.293 e. The third kappa shape index (κ3) is 2.52. The molecule has 20 heavy (non-hydrogen) atoms. The van der Waals surface area contributed by atoms with Crippen LogP contribution >= 0.6 is 15.9 Å². The van der Waals surface area contributed by atoms with Gasteiger partial charge in [-0.25, -0.2) is 0 Å². The summed E-state index contributed by atoms with van der Waals surface area (Å²) in [5.74, 6) is 0.0851. The highest BCUT2D eigenvalue weighted by Gasteiger charge is 2.18. The van der Waals surface area contributed by atoms with Crippen molar-refractivity contribution in [1.82, 2.24) is 0 Å². The number of benzene rings is 3. The second-order valence-electron chi connectivity index (χ2n) is 4.70. The molecule has 0 unspecified atom stereocenters. The number of hydrogen-bond acceptors (Lipinski definition) is 1. The summed E-state index contributed by atoms with van der Waals surface area (Å²) < 4.78 is 0. The van der Waals surface area contributed by atoms with E-state index < -0.39 is 0 Å². The summed E-state index contributed by atoms with van der Waals surface area (Å²) in [6.07, 6.45) is 0. The normalized spacial score (nSPS) is 12.2. The molecular formula is C18H13BrO. The van der Waals surface area contributed by atoms with Crippen LogP contribution in [0.5, 0.6) is 0 Å².